The summed E-state index contributed by atoms with van der Waals surface area (Å²) in [5.74, 6) is 1.21. The van der Waals surface area contributed by atoms with Crippen LogP contribution in [-0.4, -0.2) is 71.3 Å². The van der Waals surface area contributed by atoms with Gasteiger partial charge in [0.05, 0.1) is 35.2 Å². The van der Waals surface area contributed by atoms with Gasteiger partial charge in [0.1, 0.15) is 8.07 Å². The SMILES string of the molecule is CC(C)Cc1cc(-c2[c-]cc3c(c2)-c2ccccc2[Si]3(C)C)ncc1[Si](C)(C)c1ccccc1.CC(C)Cc1cc(-c2[c-]cc3c(c2)c2ccccc2n3-c2ccccc2)ncc1[Si](C)(C)C.CCn1c2c[c-]c(-c3cc(-c4ccccc4)c([Si](C)(C)C)cn3)cc2c2ccccc21.[2H]c1[c-]c(-c2ccccn2)cc([2H])c1[2H].[2H]c1[c-]c(-c2nc([2H])c([2H])c([2H])c2[2H])cc([2H])c1[2H].[2H]c1nc(-c2[c-]cccc2)c([2H])c([2H])c1[2H].[Ir].[Ir].[Ir]. The van der Waals surface area contributed by atoms with Gasteiger partial charge in [-0.3, -0.25) is 0 Å². The van der Waals surface area contributed by atoms with E-state index in [0.29, 0.717) is 28.7 Å². The van der Waals surface area contributed by atoms with Crippen LogP contribution in [0.5, 0.6) is 0 Å². The molecule has 0 unspecified atom stereocenters. The third-order valence-corrected chi connectivity index (χ3v) is 35.4. The number of benzene rings is 12. The largest absolute Gasteiger partial charge is 0.381 e. The van der Waals surface area contributed by atoms with Crippen LogP contribution in [-0.2, 0) is 79.7 Å². The minimum absolute atomic E-state index is 0. The van der Waals surface area contributed by atoms with Crippen molar-refractivity contribution in [2.45, 2.75) is 119 Å². The summed E-state index contributed by atoms with van der Waals surface area (Å²) in [6.07, 6.45) is 9.50. The number of para-hydroxylation sites is 3. The van der Waals surface area contributed by atoms with Gasteiger partial charge < -0.3 is 39.0 Å². The summed E-state index contributed by atoms with van der Waals surface area (Å²) < 4.78 is 110. The van der Waals surface area contributed by atoms with Gasteiger partial charge in [0.15, 0.2) is 0 Å². The zero-order valence-electron chi connectivity index (χ0n) is 93.6. The van der Waals surface area contributed by atoms with Crippen LogP contribution in [0.25, 0.3) is 139 Å². The molecule has 9 heterocycles. The topological polar surface area (TPSA) is 87.2 Å². The maximum Gasteiger partial charge on any atom is 0.114 e. The van der Waals surface area contributed by atoms with Crippen LogP contribution in [0.3, 0.4) is 0 Å². The maximum atomic E-state index is 7.72. The molecular formula is C122H116Ir3N8Si4-6. The molecule has 20 aromatic rings. The van der Waals surface area contributed by atoms with Crippen molar-refractivity contribution in [1.82, 2.24) is 39.0 Å². The predicted molar refractivity (Wildman–Crippen MR) is 578 cm³/mol. The molecule has 0 N–H and O–H groups in total. The summed E-state index contributed by atoms with van der Waals surface area (Å²) in [7, 11) is -6.50. The summed E-state index contributed by atoms with van der Waals surface area (Å²) >= 11 is 0. The zero-order chi connectivity index (χ0) is 106. The Kier molecular flexibility index (Phi) is 28.5. The van der Waals surface area contributed by atoms with Crippen molar-refractivity contribution in [2.24, 2.45) is 11.8 Å². The third-order valence-electron chi connectivity index (χ3n) is 24.2. The minimum Gasteiger partial charge on any atom is -0.381 e. The normalized spacial score (nSPS) is 13.1. The smallest absolute Gasteiger partial charge is 0.114 e. The van der Waals surface area contributed by atoms with Crippen LogP contribution < -0.4 is 31.1 Å². The number of rotatable bonds is 17. The van der Waals surface area contributed by atoms with Gasteiger partial charge in [-0.1, -0.05) is 325 Å². The van der Waals surface area contributed by atoms with E-state index in [1.807, 2.05) is 6.07 Å². The Morgan fingerprint density at radius 2 is 0.847 bits per heavy atom. The van der Waals surface area contributed by atoms with Gasteiger partial charge in [-0.15, -0.1) is 184 Å². The number of pyridine rings is 6. The van der Waals surface area contributed by atoms with E-state index >= 15 is 0 Å². The van der Waals surface area contributed by atoms with Crippen LogP contribution in [0.15, 0.2) is 383 Å². The maximum absolute atomic E-state index is 7.72. The van der Waals surface area contributed by atoms with Crippen LogP contribution >= 0.6 is 0 Å². The summed E-state index contributed by atoms with van der Waals surface area (Å²) in [6, 6.07) is 110. The Hall–Kier alpha value is -12.0. The number of aryl methyl sites for hydroxylation is 1. The first kappa shape index (κ1) is 84.3. The molecule has 1 aliphatic heterocycles. The molecule has 0 saturated carbocycles. The second kappa shape index (κ2) is 46.4. The molecule has 0 atom stereocenters. The molecular weight excluding hydrogens is 2270 g/mol. The molecule has 0 bridgehead atoms. The van der Waals surface area contributed by atoms with Gasteiger partial charge in [0, 0.05) is 126 Å². The van der Waals surface area contributed by atoms with E-state index in [1.165, 1.54) is 126 Å². The molecule has 3 radical (unpaired) electrons. The third kappa shape index (κ3) is 24.0. The van der Waals surface area contributed by atoms with Crippen molar-refractivity contribution < 1.29 is 79.5 Å². The minimum atomic E-state index is -1.84. The van der Waals surface area contributed by atoms with Crippen LogP contribution in [0.1, 0.15) is 64.9 Å². The number of nitrogens with zero attached hydrogens (tertiary/aromatic N) is 8. The van der Waals surface area contributed by atoms with Gasteiger partial charge >= 0.3 is 0 Å². The van der Waals surface area contributed by atoms with Crippen molar-refractivity contribution >= 4 is 107 Å². The molecule has 0 aliphatic carbocycles. The van der Waals surface area contributed by atoms with E-state index in [4.69, 9.17) is 34.1 Å². The van der Waals surface area contributed by atoms with Crippen molar-refractivity contribution in [3.63, 3.8) is 0 Å². The molecule has 15 heteroatoms. The van der Waals surface area contributed by atoms with E-state index in [9.17, 15) is 0 Å². The first-order valence-corrected chi connectivity index (χ1v) is 58.6. The molecule has 1 aliphatic rings. The van der Waals surface area contributed by atoms with Crippen LogP contribution in [0, 0.1) is 48.2 Å². The van der Waals surface area contributed by atoms with Gasteiger partial charge in [0.2, 0.25) is 0 Å². The monoisotopic (exact) mass is 2400 g/mol. The summed E-state index contributed by atoms with van der Waals surface area (Å²) in [4.78, 5) is 26.6. The first-order chi connectivity index (χ1) is 70.6. The van der Waals surface area contributed by atoms with E-state index in [0.717, 1.165) is 53.2 Å². The molecule has 0 spiro atoms. The quantitative estimate of drug-likeness (QED) is 0.0667. The number of fused-ring (bicyclic) bond motifs is 9. The fourth-order valence-corrected chi connectivity index (χ4v) is 26.4. The van der Waals surface area contributed by atoms with E-state index in [2.05, 4.69) is 398 Å². The summed E-state index contributed by atoms with van der Waals surface area (Å²) in [5, 5.41) is 13.9. The molecule has 693 valence electrons. The number of hydrogen-bond donors (Lipinski definition) is 0. The predicted octanol–water partition coefficient (Wildman–Crippen LogP) is 27.3. The first-order valence-electron chi connectivity index (χ1n) is 52.6. The van der Waals surface area contributed by atoms with Crippen molar-refractivity contribution in [3.8, 4) is 95.5 Å². The second-order valence-electron chi connectivity index (χ2n) is 37.2. The number of hydrogen-bond acceptors (Lipinski definition) is 6. The Morgan fingerprint density at radius 1 is 0.358 bits per heavy atom. The molecule has 0 amide bonds. The molecule has 8 aromatic heterocycles. The average molecular weight is 2400 g/mol. The van der Waals surface area contributed by atoms with Crippen LogP contribution in [0.2, 0.25) is 65.5 Å². The van der Waals surface area contributed by atoms with E-state index < -0.39 is 50.6 Å². The van der Waals surface area contributed by atoms with Crippen molar-refractivity contribution in [2.75, 3.05) is 0 Å². The second-order valence-corrected chi connectivity index (χ2v) is 56.0. The van der Waals surface area contributed by atoms with Crippen LogP contribution in [0.4, 0.5) is 0 Å². The molecule has 0 saturated heterocycles. The fourth-order valence-electron chi connectivity index (χ4n) is 17.6. The van der Waals surface area contributed by atoms with Gasteiger partial charge in [-0.05, 0) is 165 Å². The number of aromatic nitrogens is 8. The standard InChI is InChI=1S/C31H34NSi2.C30H31N2Si.C28H27N2Si.3C11H8N.3Ir/c1-22(2)18-24-20-28(32-21-31(24)33(3,4)25-12-8-7-9-13-25)23-16-17-30-27(19-23)26-14-10-11-15-29(26)34(30,5)6;1-21(2)17-23-19-27(31-20-30(23)33(3,4)5)22-15-16-29-26(18-22)25-13-9-10-14-28(25)32(29)24-11-7-6-8-12-24;1-5-30-26-14-10-9-13-22(26)24-17-21(15-16-27(24)30)25-18-23(20-11-7-6-8-12-20)28(19-29-25)31(2,3)4;3*1-2-6-10(7-3-1)11-8-4-5-9-12-11;;;/h7-15,17,19-22H,18H2,1-6H3;6-14,16,18-21H,17H2,1-5H3;6-14,16-19H,5H2,1-4H3;3*1-6,8-9H;;;/q6*-1;;;/i;;;1D,2D,3D,4D,5D,8D,9D;4D,5D,8D,9D;1D,2D,3D;;;. The Labute approximate surface area is 875 Å². The Morgan fingerprint density at radius 3 is 1.42 bits per heavy atom. The Bertz CT molecular complexity index is 8260. The molecule has 137 heavy (non-hydrogen) atoms. The van der Waals surface area contributed by atoms with Crippen molar-refractivity contribution in [1.29, 1.82) is 0 Å². The average Bonchev–Trinajstić information content (AvgIpc) is 1.58. The van der Waals surface area contributed by atoms with E-state index in [-0.39, 0.29) is 144 Å². The van der Waals surface area contributed by atoms with Gasteiger partial charge in [-0.2, -0.15) is 0 Å². The molecule has 21 rings (SSSR count). The fraction of sp³-hybridized carbons (Fsp3) is 0.164. The summed E-state index contributed by atoms with van der Waals surface area (Å²) in [6.45, 7) is 36.5. The Balaban J connectivity index is 0.000000154. The zero-order valence-corrected chi connectivity index (χ0v) is 90.8. The van der Waals surface area contributed by atoms with Gasteiger partial charge in [0.25, 0.3) is 0 Å². The molecule has 8 nitrogen and oxygen atoms in total. The molecule has 0 fully saturated rings. The van der Waals surface area contributed by atoms with Crippen molar-refractivity contribution in [3.05, 3.63) is 430 Å². The molecule has 12 aromatic carbocycles. The van der Waals surface area contributed by atoms with E-state index in [1.54, 1.807) is 42.6 Å². The van der Waals surface area contributed by atoms with Gasteiger partial charge in [-0.25, -0.2) is 0 Å². The summed E-state index contributed by atoms with van der Waals surface area (Å²) in [5.41, 5.74) is 22.7.